The van der Waals surface area contributed by atoms with Gasteiger partial charge in [-0.1, -0.05) is 62.9 Å². The molecule has 0 N–H and O–H groups in total. The van der Waals surface area contributed by atoms with Gasteiger partial charge in [-0.05, 0) is 35.2 Å². The fraction of sp³-hybridized carbons (Fsp3) is 0.412. The van der Waals surface area contributed by atoms with E-state index in [2.05, 4.69) is 6.92 Å². The molecule has 0 aliphatic rings. The van der Waals surface area contributed by atoms with Crippen LogP contribution in [-0.4, -0.2) is 13.0 Å². The smallest absolute Gasteiger partial charge is 0.744 e. The molecule has 0 atom stereocenters. The maximum atomic E-state index is 11.5. The van der Waals surface area contributed by atoms with Gasteiger partial charge < -0.3 is 4.55 Å². The van der Waals surface area contributed by atoms with Crippen molar-refractivity contribution in [3.8, 4) is 0 Å². The van der Waals surface area contributed by atoms with Crippen LogP contribution in [0.2, 0.25) is 0 Å². The second-order valence-electron chi connectivity index (χ2n) is 5.43. The predicted octanol–water partition coefficient (Wildman–Crippen LogP) is 1.26. The molecule has 0 spiro atoms. The molecule has 0 bridgehead atoms. The second kappa shape index (κ2) is 9.04. The summed E-state index contributed by atoms with van der Waals surface area (Å²) in [7, 11) is -4.44. The molecule has 2 rings (SSSR count). The number of hydrogen-bond donors (Lipinski definition) is 0. The van der Waals surface area contributed by atoms with Crippen molar-refractivity contribution in [2.45, 2.75) is 50.3 Å². The Hall–Kier alpha value is -0.390. The fourth-order valence-corrected chi connectivity index (χ4v) is 3.37. The van der Waals surface area contributed by atoms with Crippen molar-refractivity contribution >= 4 is 20.9 Å². The first-order chi connectivity index (χ1) is 10.0. The molecular weight excluding hydrogens is 307 g/mol. The van der Waals surface area contributed by atoms with Crippen LogP contribution in [0.4, 0.5) is 0 Å². The Morgan fingerprint density at radius 1 is 1.00 bits per heavy atom. The van der Waals surface area contributed by atoms with E-state index >= 15 is 0 Å². The van der Waals surface area contributed by atoms with Gasteiger partial charge in [0.05, 0.1) is 4.90 Å². The summed E-state index contributed by atoms with van der Waals surface area (Å²) in [4.78, 5) is -0.0934. The van der Waals surface area contributed by atoms with Crippen LogP contribution in [0.3, 0.4) is 0 Å². The molecule has 0 aliphatic heterocycles. The number of aryl methyl sites for hydroxylation is 1. The topological polar surface area (TPSA) is 57.2 Å². The SMILES string of the molecule is CCCCCCCc1cc(S(=O)(=O)[O-])c2ccccc2c1.[Na+]. The molecule has 5 heteroatoms. The minimum absolute atomic E-state index is 0. The summed E-state index contributed by atoms with van der Waals surface area (Å²) in [5, 5.41) is 1.33. The van der Waals surface area contributed by atoms with Crippen LogP contribution in [-0.2, 0) is 16.5 Å². The van der Waals surface area contributed by atoms with E-state index in [1.807, 2.05) is 18.2 Å². The first-order valence-electron chi connectivity index (χ1n) is 7.50. The normalized spacial score (nSPS) is 11.4. The number of hydrogen-bond acceptors (Lipinski definition) is 3. The quantitative estimate of drug-likeness (QED) is 0.437. The van der Waals surface area contributed by atoms with E-state index < -0.39 is 10.1 Å². The van der Waals surface area contributed by atoms with E-state index in [9.17, 15) is 13.0 Å². The van der Waals surface area contributed by atoms with E-state index in [0.717, 1.165) is 30.2 Å². The standard InChI is InChI=1S/C17H22O3S.Na/c1-2-3-4-5-6-9-14-12-15-10-7-8-11-16(15)17(13-14)21(18,19)20;/h7-8,10-13H,2-6,9H2,1H3,(H,18,19,20);/q;+1/p-1. The van der Waals surface area contributed by atoms with Gasteiger partial charge in [-0.25, -0.2) is 8.42 Å². The zero-order valence-corrected chi connectivity index (χ0v) is 16.2. The van der Waals surface area contributed by atoms with Crippen LogP contribution in [0.15, 0.2) is 41.3 Å². The Balaban J connectivity index is 0.00000242. The molecule has 0 unspecified atom stereocenters. The van der Waals surface area contributed by atoms with Gasteiger partial charge in [-0.3, -0.25) is 0 Å². The summed E-state index contributed by atoms with van der Waals surface area (Å²) in [5.74, 6) is 0. The molecule has 0 aromatic heterocycles. The van der Waals surface area contributed by atoms with Crippen LogP contribution in [0.5, 0.6) is 0 Å². The molecule has 2 aromatic carbocycles. The van der Waals surface area contributed by atoms with E-state index in [4.69, 9.17) is 0 Å². The van der Waals surface area contributed by atoms with Gasteiger partial charge in [-0.15, -0.1) is 0 Å². The molecule has 3 nitrogen and oxygen atoms in total. The largest absolute Gasteiger partial charge is 1.00 e. The van der Waals surface area contributed by atoms with Gasteiger partial charge in [0, 0.05) is 0 Å². The molecule has 0 saturated heterocycles. The molecule has 2 aromatic rings. The van der Waals surface area contributed by atoms with E-state index in [-0.39, 0.29) is 34.5 Å². The van der Waals surface area contributed by atoms with Gasteiger partial charge in [0.1, 0.15) is 10.1 Å². The van der Waals surface area contributed by atoms with Crippen LogP contribution in [0, 0.1) is 0 Å². The summed E-state index contributed by atoms with van der Waals surface area (Å²) >= 11 is 0. The average Bonchev–Trinajstić information content (AvgIpc) is 2.45. The summed E-state index contributed by atoms with van der Waals surface area (Å²) in [5.41, 5.74) is 0.930. The van der Waals surface area contributed by atoms with Crippen molar-refractivity contribution in [3.63, 3.8) is 0 Å². The zero-order chi connectivity index (χ0) is 15.3. The molecule has 114 valence electrons. The summed E-state index contributed by atoms with van der Waals surface area (Å²) in [6.45, 7) is 2.18. The van der Waals surface area contributed by atoms with Crippen molar-refractivity contribution in [1.82, 2.24) is 0 Å². The van der Waals surface area contributed by atoms with Crippen molar-refractivity contribution in [2.75, 3.05) is 0 Å². The number of fused-ring (bicyclic) bond motifs is 1. The van der Waals surface area contributed by atoms with Crippen molar-refractivity contribution in [3.05, 3.63) is 42.0 Å². The minimum atomic E-state index is -4.44. The fourth-order valence-electron chi connectivity index (χ4n) is 2.62. The maximum absolute atomic E-state index is 11.5. The average molecular weight is 328 g/mol. The first-order valence-corrected chi connectivity index (χ1v) is 8.91. The third-order valence-corrected chi connectivity index (χ3v) is 4.60. The minimum Gasteiger partial charge on any atom is -0.744 e. The van der Waals surface area contributed by atoms with Gasteiger partial charge in [-0.2, -0.15) is 0 Å². The molecule has 0 fully saturated rings. The van der Waals surface area contributed by atoms with Crippen molar-refractivity contribution in [2.24, 2.45) is 0 Å². The zero-order valence-electron chi connectivity index (χ0n) is 13.3. The second-order valence-corrected chi connectivity index (χ2v) is 6.78. The Kier molecular flexibility index (Phi) is 8.08. The molecular formula is C17H21NaO3S. The van der Waals surface area contributed by atoms with Crippen LogP contribution >= 0.6 is 0 Å². The monoisotopic (exact) mass is 328 g/mol. The number of unbranched alkanes of at least 4 members (excludes halogenated alkanes) is 4. The maximum Gasteiger partial charge on any atom is 1.00 e. The van der Waals surface area contributed by atoms with Gasteiger partial charge in [0.2, 0.25) is 0 Å². The molecule has 22 heavy (non-hydrogen) atoms. The summed E-state index contributed by atoms with van der Waals surface area (Å²) in [6.07, 6.45) is 6.62. The van der Waals surface area contributed by atoms with E-state index in [0.29, 0.717) is 5.39 Å². The van der Waals surface area contributed by atoms with Gasteiger partial charge in [0.15, 0.2) is 0 Å². The molecule has 0 heterocycles. The summed E-state index contributed by atoms with van der Waals surface area (Å²) in [6, 6.07) is 10.7. The first kappa shape index (κ1) is 19.7. The van der Waals surface area contributed by atoms with Crippen LogP contribution < -0.4 is 29.6 Å². The number of rotatable bonds is 7. The van der Waals surface area contributed by atoms with Crippen LogP contribution in [0.25, 0.3) is 10.8 Å². The predicted molar refractivity (Wildman–Crippen MR) is 84.4 cm³/mol. The van der Waals surface area contributed by atoms with Crippen molar-refractivity contribution in [1.29, 1.82) is 0 Å². The Bertz CT molecular complexity index is 711. The molecule has 0 amide bonds. The van der Waals surface area contributed by atoms with Gasteiger partial charge >= 0.3 is 29.6 Å². The number of benzene rings is 2. The molecule has 0 saturated carbocycles. The van der Waals surface area contributed by atoms with Crippen molar-refractivity contribution < 1.29 is 42.5 Å². The molecule has 0 aliphatic carbocycles. The van der Waals surface area contributed by atoms with Crippen LogP contribution in [0.1, 0.15) is 44.6 Å². The third-order valence-electron chi connectivity index (χ3n) is 3.72. The Labute approximate surface area is 155 Å². The van der Waals surface area contributed by atoms with E-state index in [1.165, 1.54) is 19.3 Å². The third kappa shape index (κ3) is 5.36. The Morgan fingerprint density at radius 2 is 1.68 bits per heavy atom. The molecule has 0 radical (unpaired) electrons. The summed E-state index contributed by atoms with van der Waals surface area (Å²) < 4.78 is 34.4. The Morgan fingerprint density at radius 3 is 2.36 bits per heavy atom. The van der Waals surface area contributed by atoms with Gasteiger partial charge in [0.25, 0.3) is 0 Å². The van der Waals surface area contributed by atoms with E-state index in [1.54, 1.807) is 18.2 Å².